The number of hydrogen-bond acceptors (Lipinski definition) is 3. The molecule has 5 nitrogen and oxygen atoms in total. The first-order valence-corrected chi connectivity index (χ1v) is 10.3. The summed E-state index contributed by atoms with van der Waals surface area (Å²) in [5, 5.41) is 4.28. The average molecular weight is 407 g/mol. The highest BCUT2D eigenvalue weighted by molar-refractivity contribution is 7.80. The van der Waals surface area contributed by atoms with E-state index in [-0.39, 0.29) is 12.1 Å². The van der Waals surface area contributed by atoms with Crippen LogP contribution in [0.1, 0.15) is 35.5 Å². The summed E-state index contributed by atoms with van der Waals surface area (Å²) in [5.74, 6) is 0. The van der Waals surface area contributed by atoms with Crippen molar-refractivity contribution in [3.63, 3.8) is 0 Å². The van der Waals surface area contributed by atoms with E-state index >= 15 is 0 Å². The Bertz CT molecular complexity index is 972. The van der Waals surface area contributed by atoms with E-state index in [0.29, 0.717) is 6.61 Å². The van der Waals surface area contributed by atoms with Gasteiger partial charge in [0.05, 0.1) is 17.8 Å². The molecule has 0 radical (unpaired) electrons. The van der Waals surface area contributed by atoms with Crippen molar-refractivity contribution in [3.05, 3.63) is 83.9 Å². The second kappa shape index (κ2) is 8.76. The standard InChI is InChI=1S/C23H26N4OS/c1-17-9-3-4-11-19(17)26-14-7-12-20(26)22-21(18-10-5-6-13-24-18)25-23(29)27(22)15-8-16-28-2/h3-7,9-14,21-22H,8,15-16H2,1-2H3,(H,25,29)/t21-,22-/m0/s1. The molecule has 3 heterocycles. The van der Waals surface area contributed by atoms with E-state index < -0.39 is 0 Å². The van der Waals surface area contributed by atoms with Crippen LogP contribution >= 0.6 is 12.2 Å². The minimum atomic E-state index is -0.0103. The number of aryl methyl sites for hydroxylation is 1. The number of rotatable bonds is 7. The first-order valence-electron chi connectivity index (χ1n) is 9.91. The summed E-state index contributed by atoms with van der Waals surface area (Å²) in [6.45, 7) is 3.68. The zero-order valence-corrected chi connectivity index (χ0v) is 17.6. The number of aromatic nitrogens is 2. The van der Waals surface area contributed by atoms with Gasteiger partial charge in [0.2, 0.25) is 0 Å². The van der Waals surface area contributed by atoms with Crippen LogP contribution in [-0.4, -0.2) is 39.8 Å². The Morgan fingerprint density at radius 3 is 2.69 bits per heavy atom. The summed E-state index contributed by atoms with van der Waals surface area (Å²) in [4.78, 5) is 6.90. The predicted octanol–water partition coefficient (Wildman–Crippen LogP) is 4.19. The lowest BCUT2D eigenvalue weighted by Crippen LogP contribution is -2.32. The topological polar surface area (TPSA) is 42.3 Å². The van der Waals surface area contributed by atoms with Gasteiger partial charge in [0.15, 0.2) is 5.11 Å². The van der Waals surface area contributed by atoms with Crippen LogP contribution in [0.4, 0.5) is 0 Å². The third kappa shape index (κ3) is 3.91. The molecule has 0 bridgehead atoms. The molecule has 1 aliphatic heterocycles. The number of ether oxygens (including phenoxy) is 1. The van der Waals surface area contributed by atoms with E-state index in [2.05, 4.69) is 75.4 Å². The molecule has 0 amide bonds. The summed E-state index contributed by atoms with van der Waals surface area (Å²) in [5.41, 5.74) is 4.60. The summed E-state index contributed by atoms with van der Waals surface area (Å²) in [6.07, 6.45) is 4.88. The summed E-state index contributed by atoms with van der Waals surface area (Å²) in [6, 6.07) is 18.8. The molecule has 3 aromatic rings. The van der Waals surface area contributed by atoms with E-state index in [1.54, 1.807) is 7.11 Å². The Labute approximate surface area is 177 Å². The number of thiocarbonyl (C=S) groups is 1. The maximum absolute atomic E-state index is 5.74. The van der Waals surface area contributed by atoms with Gasteiger partial charge in [-0.1, -0.05) is 24.3 Å². The van der Waals surface area contributed by atoms with Gasteiger partial charge < -0.3 is 19.5 Å². The Kier molecular flexibility index (Phi) is 5.92. The van der Waals surface area contributed by atoms with Crippen molar-refractivity contribution in [2.24, 2.45) is 0 Å². The van der Waals surface area contributed by atoms with E-state index in [0.717, 1.165) is 23.8 Å². The fraction of sp³-hybridized carbons (Fsp3) is 0.304. The quantitative estimate of drug-likeness (QED) is 0.471. The monoisotopic (exact) mass is 406 g/mol. The smallest absolute Gasteiger partial charge is 0.170 e. The molecule has 1 N–H and O–H groups in total. The molecule has 1 saturated heterocycles. The zero-order chi connectivity index (χ0) is 20.2. The van der Waals surface area contributed by atoms with Crippen molar-refractivity contribution in [2.75, 3.05) is 20.3 Å². The molecule has 0 aliphatic carbocycles. The van der Waals surface area contributed by atoms with E-state index in [4.69, 9.17) is 17.0 Å². The van der Waals surface area contributed by atoms with Gasteiger partial charge in [-0.25, -0.2) is 0 Å². The second-order valence-electron chi connectivity index (χ2n) is 7.26. The highest BCUT2D eigenvalue weighted by Crippen LogP contribution is 2.39. The van der Waals surface area contributed by atoms with Gasteiger partial charge in [-0.15, -0.1) is 0 Å². The van der Waals surface area contributed by atoms with Crippen molar-refractivity contribution in [1.82, 2.24) is 19.8 Å². The van der Waals surface area contributed by atoms with Gasteiger partial charge in [0, 0.05) is 44.0 Å². The van der Waals surface area contributed by atoms with Gasteiger partial charge in [-0.05, 0) is 61.5 Å². The molecule has 4 rings (SSSR count). The lowest BCUT2D eigenvalue weighted by Gasteiger charge is -2.29. The average Bonchev–Trinajstić information content (AvgIpc) is 3.34. The third-order valence-electron chi connectivity index (χ3n) is 5.40. The van der Waals surface area contributed by atoms with Crippen LogP contribution in [0.25, 0.3) is 5.69 Å². The fourth-order valence-electron chi connectivity index (χ4n) is 4.04. The number of nitrogens with zero attached hydrogens (tertiary/aromatic N) is 3. The molecule has 150 valence electrons. The van der Waals surface area contributed by atoms with Crippen LogP contribution < -0.4 is 5.32 Å². The molecule has 29 heavy (non-hydrogen) atoms. The molecule has 1 aliphatic rings. The van der Waals surface area contributed by atoms with Crippen molar-refractivity contribution < 1.29 is 4.74 Å². The SMILES string of the molecule is COCCCN1C(=S)N[C@@H](c2ccccn2)[C@@H]1c1cccn1-c1ccccc1C. The molecular weight excluding hydrogens is 380 g/mol. The largest absolute Gasteiger partial charge is 0.385 e. The minimum absolute atomic E-state index is 0.0103. The minimum Gasteiger partial charge on any atom is -0.385 e. The highest BCUT2D eigenvalue weighted by atomic mass is 32.1. The van der Waals surface area contributed by atoms with Gasteiger partial charge in [0.1, 0.15) is 0 Å². The van der Waals surface area contributed by atoms with E-state index in [1.165, 1.54) is 16.9 Å². The molecule has 0 unspecified atom stereocenters. The van der Waals surface area contributed by atoms with Crippen LogP contribution in [-0.2, 0) is 4.74 Å². The molecular formula is C23H26N4OS. The van der Waals surface area contributed by atoms with Gasteiger partial charge in [-0.2, -0.15) is 0 Å². The van der Waals surface area contributed by atoms with E-state index in [9.17, 15) is 0 Å². The third-order valence-corrected chi connectivity index (χ3v) is 5.76. The first-order chi connectivity index (χ1) is 14.2. The molecule has 6 heteroatoms. The van der Waals surface area contributed by atoms with Crippen LogP contribution in [0.5, 0.6) is 0 Å². The number of methoxy groups -OCH3 is 1. The van der Waals surface area contributed by atoms with Crippen LogP contribution in [0.2, 0.25) is 0 Å². The summed E-state index contributed by atoms with van der Waals surface area (Å²) < 4.78 is 7.55. The Morgan fingerprint density at radius 2 is 1.93 bits per heavy atom. The number of para-hydroxylation sites is 1. The molecule has 2 atom stereocenters. The van der Waals surface area contributed by atoms with Crippen LogP contribution in [0.15, 0.2) is 67.0 Å². The predicted molar refractivity (Wildman–Crippen MR) is 119 cm³/mol. The number of hydrogen-bond donors (Lipinski definition) is 1. The second-order valence-corrected chi connectivity index (χ2v) is 7.64. The summed E-state index contributed by atoms with van der Waals surface area (Å²) in [7, 11) is 1.73. The van der Waals surface area contributed by atoms with Gasteiger partial charge in [-0.3, -0.25) is 4.98 Å². The molecule has 1 aromatic carbocycles. The molecule has 0 spiro atoms. The maximum atomic E-state index is 5.74. The van der Waals surface area contributed by atoms with Crippen LogP contribution in [0, 0.1) is 6.92 Å². The maximum Gasteiger partial charge on any atom is 0.170 e. The van der Waals surface area contributed by atoms with Crippen molar-refractivity contribution in [1.29, 1.82) is 0 Å². The van der Waals surface area contributed by atoms with Gasteiger partial charge >= 0.3 is 0 Å². The highest BCUT2D eigenvalue weighted by Gasteiger charge is 2.40. The van der Waals surface area contributed by atoms with Crippen LogP contribution in [0.3, 0.4) is 0 Å². The number of pyridine rings is 1. The Hall–Kier alpha value is -2.70. The Morgan fingerprint density at radius 1 is 1.10 bits per heavy atom. The van der Waals surface area contributed by atoms with Gasteiger partial charge in [0.25, 0.3) is 0 Å². The summed E-state index contributed by atoms with van der Waals surface area (Å²) >= 11 is 5.74. The zero-order valence-electron chi connectivity index (χ0n) is 16.8. The van der Waals surface area contributed by atoms with Crippen molar-refractivity contribution >= 4 is 17.3 Å². The van der Waals surface area contributed by atoms with E-state index in [1.807, 2.05) is 18.3 Å². The fourth-order valence-corrected chi connectivity index (χ4v) is 4.37. The first kappa shape index (κ1) is 19.6. The molecule has 0 saturated carbocycles. The molecule has 1 fully saturated rings. The van der Waals surface area contributed by atoms with Crippen molar-refractivity contribution in [3.8, 4) is 5.69 Å². The number of benzene rings is 1. The van der Waals surface area contributed by atoms with Crippen molar-refractivity contribution in [2.45, 2.75) is 25.4 Å². The lowest BCUT2D eigenvalue weighted by molar-refractivity contribution is 0.180. The normalized spacial score (nSPS) is 18.8. The number of nitrogens with one attached hydrogen (secondary N) is 1. The Balaban J connectivity index is 1.77. The molecule has 2 aromatic heterocycles. The lowest BCUT2D eigenvalue weighted by atomic mass is 10.0.